The molecule has 7 heteroatoms. The van der Waals surface area contributed by atoms with E-state index in [1.54, 1.807) is 0 Å². The molecule has 0 aliphatic rings. The molecular weight excluding hydrogens is 227 g/mol. The Morgan fingerprint density at radius 3 is 1.86 bits per heavy atom. The van der Waals surface area contributed by atoms with E-state index in [4.69, 9.17) is 5.11 Å². The van der Waals surface area contributed by atoms with Crippen LogP contribution in [-0.4, -0.2) is 5.11 Å². The molecular formula is C7H7F5OS. The molecule has 0 atom stereocenters. The molecule has 0 fully saturated rings. The molecule has 0 amide bonds. The maximum atomic E-state index is 12.3. The predicted molar refractivity (Wildman–Crippen MR) is 43.8 cm³/mol. The Morgan fingerprint density at radius 1 is 1.00 bits per heavy atom. The first kappa shape index (κ1) is 11.3. The summed E-state index contributed by atoms with van der Waals surface area (Å²) < 4.78 is 61.4. The van der Waals surface area contributed by atoms with Crippen LogP contribution in [0, 0.1) is 0 Å². The molecule has 82 valence electrons. The van der Waals surface area contributed by atoms with Crippen molar-refractivity contribution in [3.8, 4) is 0 Å². The van der Waals surface area contributed by atoms with Gasteiger partial charge in [0, 0.05) is 5.56 Å². The van der Waals surface area contributed by atoms with Gasteiger partial charge in [-0.05, 0) is 6.07 Å². The lowest BCUT2D eigenvalue weighted by Gasteiger charge is -2.41. The number of rotatable bonds is 2. The highest BCUT2D eigenvalue weighted by Crippen LogP contribution is 3.02. The third-order valence-electron chi connectivity index (χ3n) is 1.56. The maximum Gasteiger partial charge on any atom is 0.310 e. The van der Waals surface area contributed by atoms with Gasteiger partial charge in [-0.2, -0.15) is 0 Å². The van der Waals surface area contributed by atoms with Crippen LogP contribution in [-0.2, 0) is 6.61 Å². The zero-order chi connectivity index (χ0) is 11.1. The third-order valence-corrected chi connectivity index (χ3v) is 2.79. The van der Waals surface area contributed by atoms with Crippen molar-refractivity contribution in [2.24, 2.45) is 0 Å². The van der Waals surface area contributed by atoms with E-state index in [-0.39, 0.29) is 6.07 Å². The molecule has 0 aliphatic heterocycles. The van der Waals surface area contributed by atoms with Crippen LogP contribution in [0.5, 0.6) is 0 Å². The second-order valence-corrected chi connectivity index (χ2v) is 5.11. The Labute approximate surface area is 76.9 Å². The highest BCUT2D eigenvalue weighted by Gasteiger charge is 2.66. The molecule has 1 aromatic rings. The third kappa shape index (κ3) is 2.36. The summed E-state index contributed by atoms with van der Waals surface area (Å²) in [5, 5.41) is 8.50. The summed E-state index contributed by atoms with van der Waals surface area (Å²) in [5.74, 6) is 0. The zero-order valence-electron chi connectivity index (χ0n) is 6.76. The lowest BCUT2D eigenvalue weighted by Crippen LogP contribution is -2.09. The molecule has 0 bridgehead atoms. The van der Waals surface area contributed by atoms with Crippen LogP contribution in [0.2, 0.25) is 0 Å². The first-order chi connectivity index (χ1) is 6.04. The molecule has 0 aliphatic carbocycles. The van der Waals surface area contributed by atoms with Crippen molar-refractivity contribution in [3.63, 3.8) is 0 Å². The number of halogens is 5. The molecule has 0 unspecified atom stereocenters. The summed E-state index contributed by atoms with van der Waals surface area (Å²) in [4.78, 5) is -2.02. The molecule has 1 aromatic carbocycles. The van der Waals surface area contributed by atoms with Gasteiger partial charge in [-0.25, -0.2) is 0 Å². The first-order valence-electron chi connectivity index (χ1n) is 3.47. The Hall–Kier alpha value is -0.820. The zero-order valence-corrected chi connectivity index (χ0v) is 7.58. The van der Waals surface area contributed by atoms with E-state index in [9.17, 15) is 19.4 Å². The van der Waals surface area contributed by atoms with Crippen LogP contribution in [0.3, 0.4) is 0 Å². The average molecular weight is 234 g/mol. The number of aliphatic hydroxyl groups is 1. The fourth-order valence-electron chi connectivity index (χ4n) is 1.01. The minimum absolute atomic E-state index is 0.271. The second-order valence-electron chi connectivity index (χ2n) is 2.73. The Bertz CT molecular complexity index is 357. The normalized spacial score (nSPS) is 17.3. The van der Waals surface area contributed by atoms with Crippen LogP contribution >= 0.6 is 10.2 Å². The van der Waals surface area contributed by atoms with Gasteiger partial charge in [0.25, 0.3) is 0 Å². The number of hydrogen-bond acceptors (Lipinski definition) is 1. The molecule has 0 radical (unpaired) electrons. The predicted octanol–water partition coefficient (Wildman–Crippen LogP) is 3.84. The summed E-state index contributed by atoms with van der Waals surface area (Å²) in [7, 11) is -9.66. The van der Waals surface area contributed by atoms with Crippen LogP contribution in [0.1, 0.15) is 5.56 Å². The van der Waals surface area contributed by atoms with Crippen LogP contribution in [0.25, 0.3) is 0 Å². The van der Waals surface area contributed by atoms with Gasteiger partial charge in [0.2, 0.25) is 0 Å². The van der Waals surface area contributed by atoms with E-state index in [1.807, 2.05) is 0 Å². The molecule has 1 N–H and O–H groups in total. The standard InChI is InChI=1S/C7H7F5OS/c8-14(9,10,11,12)7-4-2-1-3-6(7)5-13/h1-4,13H,5H2. The fourth-order valence-corrected chi connectivity index (χ4v) is 1.97. The summed E-state index contributed by atoms with van der Waals surface area (Å²) in [6, 6.07) is 3.09. The van der Waals surface area contributed by atoms with Gasteiger partial charge < -0.3 is 5.11 Å². The molecule has 1 nitrogen and oxygen atoms in total. The van der Waals surface area contributed by atoms with E-state index in [0.717, 1.165) is 18.2 Å². The summed E-state index contributed by atoms with van der Waals surface area (Å²) in [6.45, 7) is -1.07. The molecule has 0 saturated heterocycles. The summed E-state index contributed by atoms with van der Waals surface area (Å²) >= 11 is 0. The lowest BCUT2D eigenvalue weighted by molar-refractivity contribution is 0.274. The summed E-state index contributed by atoms with van der Waals surface area (Å²) in [6.07, 6.45) is 0. The highest BCUT2D eigenvalue weighted by molar-refractivity contribution is 8.45. The van der Waals surface area contributed by atoms with Gasteiger partial charge in [0.1, 0.15) is 4.90 Å². The van der Waals surface area contributed by atoms with E-state index in [1.165, 1.54) is 0 Å². The Balaban J connectivity index is 3.49. The maximum absolute atomic E-state index is 12.3. The molecule has 0 heterocycles. The van der Waals surface area contributed by atoms with Gasteiger partial charge in [0.05, 0.1) is 6.61 Å². The van der Waals surface area contributed by atoms with Crippen molar-refractivity contribution >= 4 is 10.2 Å². The second kappa shape index (κ2) is 2.40. The molecule has 0 spiro atoms. The van der Waals surface area contributed by atoms with Gasteiger partial charge in [-0.15, -0.1) is 0 Å². The van der Waals surface area contributed by atoms with Crippen molar-refractivity contribution in [1.82, 2.24) is 0 Å². The summed E-state index contributed by atoms with van der Waals surface area (Å²) in [5.41, 5.74) is -0.813. The van der Waals surface area contributed by atoms with E-state index >= 15 is 0 Å². The number of benzene rings is 1. The van der Waals surface area contributed by atoms with Crippen molar-refractivity contribution in [3.05, 3.63) is 29.8 Å². The molecule has 14 heavy (non-hydrogen) atoms. The van der Waals surface area contributed by atoms with Crippen LogP contribution in [0.4, 0.5) is 19.4 Å². The van der Waals surface area contributed by atoms with Gasteiger partial charge in [0.15, 0.2) is 0 Å². The minimum atomic E-state index is -9.66. The Morgan fingerprint density at radius 2 is 1.50 bits per heavy atom. The van der Waals surface area contributed by atoms with E-state index < -0.39 is 27.3 Å². The van der Waals surface area contributed by atoms with Gasteiger partial charge >= 0.3 is 10.2 Å². The van der Waals surface area contributed by atoms with Crippen molar-refractivity contribution in [2.75, 3.05) is 0 Å². The van der Waals surface area contributed by atoms with Gasteiger partial charge in [-0.3, -0.25) is 0 Å². The van der Waals surface area contributed by atoms with Crippen molar-refractivity contribution in [2.45, 2.75) is 11.5 Å². The molecule has 0 saturated carbocycles. The number of aliphatic hydroxyl groups excluding tert-OH is 1. The largest absolute Gasteiger partial charge is 0.392 e. The van der Waals surface area contributed by atoms with Crippen molar-refractivity contribution < 1.29 is 24.5 Å². The SMILES string of the molecule is OCc1ccccc1S(F)(F)(F)(F)F. The van der Waals surface area contributed by atoms with Crippen LogP contribution < -0.4 is 0 Å². The van der Waals surface area contributed by atoms with E-state index in [0.29, 0.717) is 0 Å². The lowest BCUT2D eigenvalue weighted by atomic mass is 10.2. The minimum Gasteiger partial charge on any atom is -0.392 e. The Kier molecular flexibility index (Phi) is 1.93. The highest BCUT2D eigenvalue weighted by atomic mass is 32.5. The average Bonchev–Trinajstić information content (AvgIpc) is 2.00. The van der Waals surface area contributed by atoms with Crippen LogP contribution in [0.15, 0.2) is 29.2 Å². The molecule has 0 aromatic heterocycles. The topological polar surface area (TPSA) is 20.2 Å². The fraction of sp³-hybridized carbons (Fsp3) is 0.143. The first-order valence-corrected chi connectivity index (χ1v) is 5.42. The smallest absolute Gasteiger partial charge is 0.310 e. The quantitative estimate of drug-likeness (QED) is 0.771. The van der Waals surface area contributed by atoms with E-state index in [2.05, 4.69) is 0 Å². The van der Waals surface area contributed by atoms with Crippen molar-refractivity contribution in [1.29, 1.82) is 0 Å². The number of hydrogen-bond donors (Lipinski definition) is 1. The molecule has 1 rings (SSSR count). The van der Waals surface area contributed by atoms with Gasteiger partial charge in [-0.1, -0.05) is 37.6 Å². The monoisotopic (exact) mass is 234 g/mol.